The lowest BCUT2D eigenvalue weighted by Crippen LogP contribution is -2.52. The number of benzene rings is 2. The van der Waals surface area contributed by atoms with E-state index >= 15 is 0 Å². The van der Waals surface area contributed by atoms with Gasteiger partial charge in [-0.15, -0.1) is 0 Å². The molecule has 2 aliphatic heterocycles. The van der Waals surface area contributed by atoms with Gasteiger partial charge in [0.05, 0.1) is 24.7 Å². The Balaban J connectivity index is 1.40. The van der Waals surface area contributed by atoms with Gasteiger partial charge in [0.1, 0.15) is 12.3 Å². The van der Waals surface area contributed by atoms with Crippen LogP contribution in [-0.4, -0.2) is 60.2 Å². The number of hydrogen-bond acceptors (Lipinski definition) is 4. The summed E-state index contributed by atoms with van der Waals surface area (Å²) < 4.78 is 2.13. The van der Waals surface area contributed by atoms with E-state index in [1.165, 1.54) is 5.71 Å². The van der Waals surface area contributed by atoms with Gasteiger partial charge in [0, 0.05) is 23.8 Å². The largest absolute Gasteiger partial charge is 0.310 e. The molecule has 0 unspecified atom stereocenters. The number of piperazine rings is 1. The maximum atomic E-state index is 12.7. The van der Waals surface area contributed by atoms with Crippen molar-refractivity contribution in [2.45, 2.75) is 6.54 Å². The van der Waals surface area contributed by atoms with Crippen molar-refractivity contribution in [2.75, 3.05) is 37.6 Å². The zero-order valence-corrected chi connectivity index (χ0v) is 16.7. The molecule has 0 bridgehead atoms. The zero-order valence-electron chi connectivity index (χ0n) is 16.0. The Morgan fingerprint density at radius 2 is 2.00 bits per heavy atom. The van der Waals surface area contributed by atoms with Crippen LogP contribution in [-0.2, 0) is 11.3 Å². The van der Waals surface area contributed by atoms with E-state index in [0.717, 1.165) is 17.8 Å². The standard InChI is InChI=1S/C22H21ClN5O/c23-19-2-1-3-20(10-19)28-9-8-26(15-22(28)29)14-21-12-25-16-27(21)13-18-6-4-17(11-24)5-7-18/h1-7,10,16H,8-9,12-15H2/q+1. The number of nitriles is 1. The van der Waals surface area contributed by atoms with E-state index in [1.807, 2.05) is 54.9 Å². The van der Waals surface area contributed by atoms with E-state index in [9.17, 15) is 4.79 Å². The van der Waals surface area contributed by atoms with Crippen molar-refractivity contribution in [3.63, 3.8) is 0 Å². The van der Waals surface area contributed by atoms with Crippen LogP contribution in [0.15, 0.2) is 53.5 Å². The van der Waals surface area contributed by atoms with E-state index in [-0.39, 0.29) is 5.91 Å². The Bertz CT molecular complexity index is 1020. The summed E-state index contributed by atoms with van der Waals surface area (Å²) in [5.74, 6) is 0.0803. The highest BCUT2D eigenvalue weighted by atomic mass is 35.5. The summed E-state index contributed by atoms with van der Waals surface area (Å²) in [7, 11) is 0. The van der Waals surface area contributed by atoms with Crippen molar-refractivity contribution >= 4 is 35.2 Å². The third-order valence-electron chi connectivity index (χ3n) is 5.16. The van der Waals surface area contributed by atoms with Crippen molar-refractivity contribution in [2.24, 2.45) is 4.99 Å². The molecule has 1 amide bonds. The average Bonchev–Trinajstić information content (AvgIpc) is 3.15. The summed E-state index contributed by atoms with van der Waals surface area (Å²) in [5.41, 5.74) is 3.81. The minimum atomic E-state index is 0.0803. The summed E-state index contributed by atoms with van der Waals surface area (Å²) in [6.07, 6.45) is 1.86. The molecule has 0 atom stereocenters. The first-order chi connectivity index (χ1) is 14.1. The van der Waals surface area contributed by atoms with Gasteiger partial charge in [0.2, 0.25) is 5.91 Å². The van der Waals surface area contributed by atoms with Crippen LogP contribution in [0.1, 0.15) is 11.1 Å². The maximum Gasteiger partial charge on any atom is 0.281 e. The lowest BCUT2D eigenvalue weighted by molar-refractivity contribution is -0.414. The van der Waals surface area contributed by atoms with Crippen LogP contribution in [0.2, 0.25) is 5.02 Å². The monoisotopic (exact) mass is 406 g/mol. The molecule has 1 saturated heterocycles. The van der Waals surface area contributed by atoms with Gasteiger partial charge >= 0.3 is 0 Å². The van der Waals surface area contributed by atoms with Crippen LogP contribution in [0.25, 0.3) is 0 Å². The summed E-state index contributed by atoms with van der Waals surface area (Å²) in [5, 5.41) is 9.57. The third-order valence-corrected chi connectivity index (χ3v) is 5.40. The predicted molar refractivity (Wildman–Crippen MR) is 114 cm³/mol. The Morgan fingerprint density at radius 1 is 1.17 bits per heavy atom. The fraction of sp³-hybridized carbons (Fsp3) is 0.273. The second-order valence-corrected chi connectivity index (χ2v) is 7.63. The van der Waals surface area contributed by atoms with Crippen LogP contribution in [0.4, 0.5) is 5.69 Å². The molecular formula is C22H21ClN5O+. The van der Waals surface area contributed by atoms with Crippen LogP contribution in [0, 0.1) is 11.3 Å². The van der Waals surface area contributed by atoms with E-state index in [0.29, 0.717) is 43.3 Å². The first-order valence-corrected chi connectivity index (χ1v) is 9.89. The first kappa shape index (κ1) is 19.3. The number of amides is 1. The highest BCUT2D eigenvalue weighted by Crippen LogP contribution is 2.21. The molecule has 1 fully saturated rings. The van der Waals surface area contributed by atoms with Gasteiger partial charge in [-0.05, 0) is 35.9 Å². The Labute approximate surface area is 175 Å². The molecule has 0 aromatic heterocycles. The van der Waals surface area contributed by atoms with Crippen LogP contribution >= 0.6 is 11.6 Å². The van der Waals surface area contributed by atoms with Gasteiger partial charge < -0.3 is 4.90 Å². The van der Waals surface area contributed by atoms with Crippen LogP contribution in [0.3, 0.4) is 0 Å². The van der Waals surface area contributed by atoms with Gasteiger partial charge in [-0.3, -0.25) is 9.69 Å². The molecule has 0 saturated carbocycles. The van der Waals surface area contributed by atoms with E-state index < -0.39 is 0 Å². The molecule has 2 heterocycles. The van der Waals surface area contributed by atoms with Crippen molar-refractivity contribution in [3.05, 3.63) is 64.7 Å². The van der Waals surface area contributed by atoms with E-state index in [2.05, 4.69) is 20.5 Å². The molecule has 0 spiro atoms. The zero-order chi connectivity index (χ0) is 20.2. The van der Waals surface area contributed by atoms with Crippen molar-refractivity contribution in [3.8, 4) is 6.07 Å². The number of aliphatic imine (C=N–C) groups is 1. The van der Waals surface area contributed by atoms with Gasteiger partial charge in [-0.1, -0.05) is 34.8 Å². The molecule has 0 radical (unpaired) electrons. The van der Waals surface area contributed by atoms with Crippen molar-refractivity contribution < 1.29 is 9.37 Å². The van der Waals surface area contributed by atoms with Gasteiger partial charge in [-0.2, -0.15) is 5.26 Å². The molecule has 2 aromatic carbocycles. The maximum absolute atomic E-state index is 12.7. The smallest absolute Gasteiger partial charge is 0.281 e. The summed E-state index contributed by atoms with van der Waals surface area (Å²) in [6, 6.07) is 17.2. The minimum absolute atomic E-state index is 0.0803. The number of anilines is 1. The molecule has 29 heavy (non-hydrogen) atoms. The molecule has 6 nitrogen and oxygen atoms in total. The second kappa shape index (κ2) is 8.56. The third kappa shape index (κ3) is 4.53. The molecule has 2 aromatic rings. The highest BCUT2D eigenvalue weighted by Gasteiger charge is 2.28. The number of halogens is 1. The molecule has 0 aliphatic carbocycles. The quantitative estimate of drug-likeness (QED) is 0.717. The fourth-order valence-electron chi connectivity index (χ4n) is 3.62. The average molecular weight is 407 g/mol. The number of nitrogens with zero attached hydrogens (tertiary/aromatic N) is 5. The second-order valence-electron chi connectivity index (χ2n) is 7.19. The summed E-state index contributed by atoms with van der Waals surface area (Å²) in [4.78, 5) is 21.1. The lowest BCUT2D eigenvalue weighted by Gasteiger charge is -2.34. The Hall–Kier alpha value is -3.01. The number of rotatable bonds is 5. The highest BCUT2D eigenvalue weighted by molar-refractivity contribution is 6.30. The summed E-state index contributed by atoms with van der Waals surface area (Å²) >= 11 is 6.07. The summed E-state index contributed by atoms with van der Waals surface area (Å²) in [6.45, 7) is 3.89. The Morgan fingerprint density at radius 3 is 2.72 bits per heavy atom. The lowest BCUT2D eigenvalue weighted by atomic mass is 10.1. The number of carbonyl (C=O) groups excluding carboxylic acids is 1. The fourth-order valence-corrected chi connectivity index (χ4v) is 3.81. The number of carbonyl (C=O) groups is 1. The van der Waals surface area contributed by atoms with Gasteiger partial charge in [-0.25, -0.2) is 4.58 Å². The predicted octanol–water partition coefficient (Wildman–Crippen LogP) is 2.56. The van der Waals surface area contributed by atoms with E-state index in [4.69, 9.17) is 16.9 Å². The topological polar surface area (TPSA) is 62.7 Å². The van der Waals surface area contributed by atoms with Crippen LogP contribution in [0.5, 0.6) is 0 Å². The van der Waals surface area contributed by atoms with Gasteiger partial charge in [0.25, 0.3) is 6.34 Å². The minimum Gasteiger partial charge on any atom is -0.310 e. The molecule has 2 aliphatic rings. The molecular weight excluding hydrogens is 386 g/mol. The van der Waals surface area contributed by atoms with E-state index in [1.54, 1.807) is 4.90 Å². The first-order valence-electron chi connectivity index (χ1n) is 9.51. The SMILES string of the molecule is N#Cc1ccc(C[N+]2=C(CN3CCN(c4cccc(Cl)c4)C(=O)C3)CN=C2)cc1. The van der Waals surface area contributed by atoms with Crippen molar-refractivity contribution in [1.29, 1.82) is 5.26 Å². The van der Waals surface area contributed by atoms with Crippen LogP contribution < -0.4 is 4.90 Å². The van der Waals surface area contributed by atoms with Gasteiger partial charge in [0.15, 0.2) is 6.54 Å². The molecule has 146 valence electrons. The number of hydrogen-bond donors (Lipinski definition) is 0. The molecule has 0 N–H and O–H groups in total. The molecule has 7 heteroatoms. The Kier molecular flexibility index (Phi) is 5.70. The molecule has 4 rings (SSSR count). The normalized spacial score (nSPS) is 17.1. The van der Waals surface area contributed by atoms with Crippen molar-refractivity contribution in [1.82, 2.24) is 4.90 Å².